The van der Waals surface area contributed by atoms with E-state index in [4.69, 9.17) is 23.7 Å². The largest absolute Gasteiger partial charge is 0.508 e. The maximum Gasteiger partial charge on any atom is 0.508 e. The lowest BCUT2D eigenvalue weighted by molar-refractivity contribution is -0.384. The van der Waals surface area contributed by atoms with Crippen molar-refractivity contribution in [2.45, 2.75) is 38.8 Å². The molecule has 0 unspecified atom stereocenters. The molecule has 0 bridgehead atoms. The van der Waals surface area contributed by atoms with Crippen LogP contribution >= 0.6 is 0 Å². The Kier molecular flexibility index (Phi) is 9.25. The standard InChI is InChI=1S/C30H30N2O10/c1-18(41-30(35)40-17-20-5-11-23(12-6-20)32(36)37)26-28(34)31(29(26)42-19(2)33)27(21-7-13-24(38-3)14-8-21)22-9-15-25(39-4)16-10-22/h5-16,18,26-27,29H,17H2,1-4H3/t18-,26+,29-/m1/s1. The number of likely N-dealkylation sites (tertiary alicyclic amines) is 1. The highest BCUT2D eigenvalue weighted by Gasteiger charge is 2.56. The van der Waals surface area contributed by atoms with Crippen LogP contribution < -0.4 is 9.47 Å². The van der Waals surface area contributed by atoms with Crippen molar-refractivity contribution in [2.24, 2.45) is 5.92 Å². The van der Waals surface area contributed by atoms with Crippen LogP contribution in [0.25, 0.3) is 0 Å². The minimum Gasteiger partial charge on any atom is -0.497 e. The smallest absolute Gasteiger partial charge is 0.497 e. The lowest BCUT2D eigenvalue weighted by atomic mass is 9.84. The number of benzene rings is 3. The molecule has 0 radical (unpaired) electrons. The molecule has 1 saturated heterocycles. The van der Waals surface area contributed by atoms with Crippen molar-refractivity contribution in [3.63, 3.8) is 0 Å². The van der Waals surface area contributed by atoms with Gasteiger partial charge in [0.2, 0.25) is 5.91 Å². The number of methoxy groups -OCH3 is 2. The van der Waals surface area contributed by atoms with E-state index in [-0.39, 0.29) is 12.3 Å². The first-order chi connectivity index (χ1) is 20.1. The number of nitrogens with zero attached hydrogens (tertiary/aromatic N) is 2. The number of amides is 1. The summed E-state index contributed by atoms with van der Waals surface area (Å²) < 4.78 is 26.7. The zero-order valence-electron chi connectivity index (χ0n) is 23.4. The van der Waals surface area contributed by atoms with Crippen molar-refractivity contribution in [1.82, 2.24) is 4.90 Å². The van der Waals surface area contributed by atoms with Crippen LogP contribution in [0.2, 0.25) is 0 Å². The Morgan fingerprint density at radius 1 is 0.905 bits per heavy atom. The van der Waals surface area contributed by atoms with Crippen molar-refractivity contribution in [3.8, 4) is 11.5 Å². The fourth-order valence-electron chi connectivity index (χ4n) is 4.72. The van der Waals surface area contributed by atoms with Crippen LogP contribution in [0.3, 0.4) is 0 Å². The molecule has 3 aromatic rings. The number of hydrogen-bond acceptors (Lipinski definition) is 10. The highest BCUT2D eigenvalue weighted by Crippen LogP contribution is 2.43. The molecule has 4 rings (SSSR count). The van der Waals surface area contributed by atoms with E-state index in [1.54, 1.807) is 38.5 Å². The van der Waals surface area contributed by atoms with Crippen molar-refractivity contribution >= 4 is 23.7 Å². The Bertz CT molecular complexity index is 1380. The molecule has 1 fully saturated rings. The second kappa shape index (κ2) is 13.0. The number of hydrogen-bond donors (Lipinski definition) is 0. The molecule has 3 atom stereocenters. The number of β-lactam (4-membered cyclic amide) rings is 1. The summed E-state index contributed by atoms with van der Waals surface area (Å²) in [6.07, 6.45) is -3.09. The van der Waals surface area contributed by atoms with E-state index in [2.05, 4.69) is 0 Å². The van der Waals surface area contributed by atoms with E-state index in [1.807, 2.05) is 24.3 Å². The van der Waals surface area contributed by atoms with Crippen LogP contribution in [-0.2, 0) is 30.4 Å². The molecule has 1 heterocycles. The number of carbonyl (C=O) groups excluding carboxylic acids is 3. The van der Waals surface area contributed by atoms with Gasteiger partial charge < -0.3 is 23.7 Å². The second-order valence-electron chi connectivity index (χ2n) is 9.51. The van der Waals surface area contributed by atoms with E-state index in [0.717, 1.165) is 11.1 Å². The zero-order chi connectivity index (χ0) is 30.4. The monoisotopic (exact) mass is 578 g/mol. The number of nitro groups is 1. The van der Waals surface area contributed by atoms with E-state index < -0.39 is 47.2 Å². The molecule has 220 valence electrons. The second-order valence-corrected chi connectivity index (χ2v) is 9.51. The third-order valence-corrected chi connectivity index (χ3v) is 6.84. The Hall–Kier alpha value is -5.13. The molecule has 3 aromatic carbocycles. The lowest BCUT2D eigenvalue weighted by Gasteiger charge is -2.51. The summed E-state index contributed by atoms with van der Waals surface area (Å²) in [4.78, 5) is 50.0. The van der Waals surface area contributed by atoms with Crippen LogP contribution in [0.4, 0.5) is 10.5 Å². The minimum atomic E-state index is -1.05. The maximum atomic E-state index is 13.7. The van der Waals surface area contributed by atoms with Crippen LogP contribution in [0.5, 0.6) is 11.5 Å². The highest BCUT2D eigenvalue weighted by molar-refractivity contribution is 5.88. The average molecular weight is 579 g/mol. The van der Waals surface area contributed by atoms with Gasteiger partial charge in [0.25, 0.3) is 5.69 Å². The average Bonchev–Trinajstić information content (AvgIpc) is 2.98. The predicted molar refractivity (Wildman–Crippen MR) is 148 cm³/mol. The van der Waals surface area contributed by atoms with Crippen molar-refractivity contribution in [3.05, 3.63) is 99.6 Å². The van der Waals surface area contributed by atoms with Gasteiger partial charge in [-0.3, -0.25) is 24.6 Å². The van der Waals surface area contributed by atoms with Crippen LogP contribution in [-0.4, -0.2) is 54.4 Å². The molecule has 0 aliphatic carbocycles. The summed E-state index contributed by atoms with van der Waals surface area (Å²) in [6, 6.07) is 19.2. The molecule has 42 heavy (non-hydrogen) atoms. The van der Waals surface area contributed by atoms with Gasteiger partial charge in [-0.1, -0.05) is 24.3 Å². The summed E-state index contributed by atoms with van der Waals surface area (Å²) in [5.74, 6) is -0.733. The van der Waals surface area contributed by atoms with Gasteiger partial charge >= 0.3 is 12.1 Å². The van der Waals surface area contributed by atoms with Crippen molar-refractivity contribution in [1.29, 1.82) is 0 Å². The summed E-state index contributed by atoms with van der Waals surface area (Å²) in [5, 5.41) is 10.8. The molecule has 12 nitrogen and oxygen atoms in total. The highest BCUT2D eigenvalue weighted by atomic mass is 16.7. The van der Waals surface area contributed by atoms with E-state index >= 15 is 0 Å². The summed E-state index contributed by atoms with van der Waals surface area (Å²) in [6.45, 7) is 2.55. The summed E-state index contributed by atoms with van der Waals surface area (Å²) in [7, 11) is 3.10. The Morgan fingerprint density at radius 2 is 1.43 bits per heavy atom. The van der Waals surface area contributed by atoms with Gasteiger partial charge in [0, 0.05) is 19.1 Å². The number of non-ortho nitro benzene ring substituents is 1. The molecule has 0 N–H and O–H groups in total. The van der Waals surface area contributed by atoms with Gasteiger partial charge in [-0.25, -0.2) is 4.79 Å². The first-order valence-electron chi connectivity index (χ1n) is 13.0. The molecule has 0 aromatic heterocycles. The lowest BCUT2D eigenvalue weighted by Crippen LogP contribution is -2.66. The summed E-state index contributed by atoms with van der Waals surface area (Å²) in [5.41, 5.74) is 1.89. The fourth-order valence-corrected chi connectivity index (χ4v) is 4.72. The summed E-state index contributed by atoms with van der Waals surface area (Å²) >= 11 is 0. The zero-order valence-corrected chi connectivity index (χ0v) is 23.4. The van der Waals surface area contributed by atoms with Gasteiger partial charge in [-0.15, -0.1) is 0 Å². The van der Waals surface area contributed by atoms with Gasteiger partial charge in [-0.05, 0) is 60.0 Å². The molecule has 1 aliphatic rings. The van der Waals surface area contributed by atoms with E-state index in [9.17, 15) is 24.5 Å². The van der Waals surface area contributed by atoms with Gasteiger partial charge in [0.1, 0.15) is 30.1 Å². The topological polar surface area (TPSA) is 144 Å². The van der Waals surface area contributed by atoms with Crippen molar-refractivity contribution < 1.29 is 43.0 Å². The SMILES string of the molecule is COc1ccc(C(c2ccc(OC)cc2)N2C(=O)[C@H]([C@@H](C)OC(=O)OCc3ccc([N+](=O)[O-])cc3)[C@H]2OC(C)=O)cc1. The molecule has 1 aliphatic heterocycles. The number of carbonyl (C=O) groups is 3. The van der Waals surface area contributed by atoms with Crippen LogP contribution in [0.15, 0.2) is 72.8 Å². The number of nitro benzene ring substituents is 1. The number of esters is 1. The quantitative estimate of drug-likeness (QED) is 0.135. The third kappa shape index (κ3) is 6.60. The van der Waals surface area contributed by atoms with Gasteiger partial charge in [0.15, 0.2) is 6.23 Å². The predicted octanol–water partition coefficient (Wildman–Crippen LogP) is 4.79. The first-order valence-corrected chi connectivity index (χ1v) is 13.0. The Morgan fingerprint density at radius 3 is 1.88 bits per heavy atom. The van der Waals surface area contributed by atoms with Crippen LogP contribution in [0, 0.1) is 16.0 Å². The van der Waals surface area contributed by atoms with Crippen molar-refractivity contribution in [2.75, 3.05) is 14.2 Å². The molecular formula is C30H30N2O10. The first kappa shape index (κ1) is 29.8. The van der Waals surface area contributed by atoms with E-state index in [1.165, 1.54) is 43.0 Å². The van der Waals surface area contributed by atoms with Gasteiger partial charge in [0.05, 0.1) is 25.2 Å². The van der Waals surface area contributed by atoms with Crippen LogP contribution in [0.1, 0.15) is 36.6 Å². The number of rotatable bonds is 11. The van der Waals surface area contributed by atoms with E-state index in [0.29, 0.717) is 17.1 Å². The molecular weight excluding hydrogens is 548 g/mol. The molecule has 12 heteroatoms. The fraction of sp³-hybridized carbons (Fsp3) is 0.300. The number of ether oxygens (including phenoxy) is 5. The maximum absolute atomic E-state index is 13.7. The molecule has 0 spiro atoms. The molecule has 1 amide bonds. The normalized spacial score (nSPS) is 16.7. The Labute approximate surface area is 241 Å². The third-order valence-electron chi connectivity index (χ3n) is 6.84. The molecule has 0 saturated carbocycles. The minimum absolute atomic E-state index is 0.0953. The Balaban J connectivity index is 1.53. The van der Waals surface area contributed by atoms with Gasteiger partial charge in [-0.2, -0.15) is 0 Å².